The fraction of sp³-hybridized carbons (Fsp3) is 0.500. The third-order valence-electron chi connectivity index (χ3n) is 8.67. The molecule has 0 saturated carbocycles. The predicted molar refractivity (Wildman–Crippen MR) is 177 cm³/mol. The molecule has 0 aliphatic heterocycles. The van der Waals surface area contributed by atoms with Gasteiger partial charge in [-0.1, -0.05) is 40.0 Å². The molecule has 2 N–H and O–H groups in total. The number of unbranched alkanes of at least 4 members (excludes halogenated alkanes) is 3. The number of anilines is 1. The average molecular weight is 881 g/mol. The highest BCUT2D eigenvalue weighted by molar-refractivity contribution is 6.39. The van der Waals surface area contributed by atoms with Gasteiger partial charge in [0.1, 0.15) is 17.2 Å². The van der Waals surface area contributed by atoms with E-state index in [1.807, 2.05) is 0 Å². The zero-order valence-corrected chi connectivity index (χ0v) is 30.9. The zero-order valence-electron chi connectivity index (χ0n) is 30.9. The van der Waals surface area contributed by atoms with Crippen LogP contribution in [0.1, 0.15) is 109 Å². The second kappa shape index (κ2) is 18.1. The lowest BCUT2D eigenvalue weighted by Gasteiger charge is -2.28. The normalized spacial score (nSPS) is 13.2. The molecule has 0 aliphatic rings. The number of hydrogen-bond donors (Lipinski definition) is 1. The monoisotopic (exact) mass is 881 g/mol. The first-order valence-corrected chi connectivity index (χ1v) is 17.6. The number of hydrogen-bond acceptors (Lipinski definition) is 4. The van der Waals surface area contributed by atoms with E-state index in [4.69, 9.17) is 19.7 Å². The molecular formula is C36H34BF18NO3. The second-order valence-corrected chi connectivity index (χ2v) is 13.1. The molecule has 59 heavy (non-hydrogen) atoms. The lowest BCUT2D eigenvalue weighted by atomic mass is 9.87. The number of alkyl halides is 18. The Morgan fingerprint density at radius 3 is 1.29 bits per heavy atom. The quantitative estimate of drug-likeness (QED) is 0.0939. The van der Waals surface area contributed by atoms with Crippen LogP contribution < -0.4 is 19.7 Å². The van der Waals surface area contributed by atoms with Crippen LogP contribution >= 0.6 is 0 Å². The molecule has 330 valence electrons. The van der Waals surface area contributed by atoms with E-state index in [9.17, 15) is 79.0 Å². The fourth-order valence-corrected chi connectivity index (χ4v) is 6.01. The Bertz CT molecular complexity index is 1880. The lowest BCUT2D eigenvalue weighted by molar-refractivity contribution is -0.145. The number of benzene rings is 3. The van der Waals surface area contributed by atoms with E-state index < -0.39 is 143 Å². The summed E-state index contributed by atoms with van der Waals surface area (Å²) >= 11 is 0. The SMILES string of the molecule is CCCCc1c(OB(Oc2cc(C(F)(F)F)cc(C(F)(F)F)c2)Oc2c(N)c(C(F)(F)F)c(CCCC)c(C(F)(F)F)c2CCCC)cc(C(F)(F)F)cc1C(F)(F)F. The van der Waals surface area contributed by atoms with Crippen molar-refractivity contribution in [2.45, 2.75) is 116 Å². The van der Waals surface area contributed by atoms with Crippen molar-refractivity contribution in [2.24, 2.45) is 0 Å². The van der Waals surface area contributed by atoms with Gasteiger partial charge < -0.3 is 19.7 Å². The summed E-state index contributed by atoms with van der Waals surface area (Å²) in [6.07, 6.45) is -36.8. The molecule has 0 amide bonds. The molecule has 0 unspecified atom stereocenters. The highest BCUT2D eigenvalue weighted by Gasteiger charge is 2.48. The van der Waals surface area contributed by atoms with Crippen molar-refractivity contribution in [3.8, 4) is 17.2 Å². The molecule has 0 aliphatic carbocycles. The molecule has 0 fully saturated rings. The van der Waals surface area contributed by atoms with Crippen molar-refractivity contribution in [1.29, 1.82) is 0 Å². The summed E-state index contributed by atoms with van der Waals surface area (Å²) in [5.41, 5.74) is -11.8. The standard InChI is InChI=1S/C36H34BF18NO3/c1-4-7-10-22-25(34(47,48)49)16-20(33(44,45)46)17-26(22)58-37(57-21-14-18(31(38,39)40)13-19(15-21)32(41,42)43)59-30-24(12-9-6-3)27(35(50,51)52)23(11-8-5-2)28(29(30)56)36(53,54)55/h13-17H,4-12,56H2,1-3H3. The number of rotatable bonds is 15. The van der Waals surface area contributed by atoms with E-state index in [1.54, 1.807) is 0 Å². The van der Waals surface area contributed by atoms with Crippen LogP contribution in [0.3, 0.4) is 0 Å². The van der Waals surface area contributed by atoms with Crippen molar-refractivity contribution < 1.29 is 93.0 Å². The Hall–Kier alpha value is -4.34. The van der Waals surface area contributed by atoms with E-state index in [2.05, 4.69) is 0 Å². The van der Waals surface area contributed by atoms with E-state index >= 15 is 0 Å². The molecule has 0 radical (unpaired) electrons. The van der Waals surface area contributed by atoms with Crippen LogP contribution in [-0.2, 0) is 56.3 Å². The van der Waals surface area contributed by atoms with E-state index in [0.29, 0.717) is 0 Å². The van der Waals surface area contributed by atoms with Crippen molar-refractivity contribution in [1.82, 2.24) is 0 Å². The van der Waals surface area contributed by atoms with Gasteiger partial charge >= 0.3 is 44.4 Å². The molecule has 0 spiro atoms. The van der Waals surface area contributed by atoms with Crippen molar-refractivity contribution in [3.05, 3.63) is 80.4 Å². The van der Waals surface area contributed by atoms with Crippen molar-refractivity contribution in [2.75, 3.05) is 5.73 Å². The summed E-state index contributed by atoms with van der Waals surface area (Å²) < 4.78 is 272. The summed E-state index contributed by atoms with van der Waals surface area (Å²) in [6.45, 7) is 4.30. The highest BCUT2D eigenvalue weighted by atomic mass is 19.4. The van der Waals surface area contributed by atoms with Crippen LogP contribution in [0.4, 0.5) is 84.7 Å². The topological polar surface area (TPSA) is 53.7 Å². The Morgan fingerprint density at radius 2 is 0.881 bits per heavy atom. The molecule has 3 aromatic carbocycles. The highest BCUT2D eigenvalue weighted by Crippen LogP contribution is 2.51. The smallest absolute Gasteiger partial charge is 0.490 e. The minimum absolute atomic E-state index is 0.0497. The fourth-order valence-electron chi connectivity index (χ4n) is 6.01. The van der Waals surface area contributed by atoms with Gasteiger partial charge in [-0.15, -0.1) is 0 Å². The maximum Gasteiger partial charge on any atom is 0.864 e. The summed E-state index contributed by atoms with van der Waals surface area (Å²) in [5.74, 6) is -4.73. The first-order valence-electron chi connectivity index (χ1n) is 17.6. The number of halogens is 18. The van der Waals surface area contributed by atoms with Gasteiger partial charge in [0, 0.05) is 11.1 Å². The van der Waals surface area contributed by atoms with Crippen LogP contribution in [0.5, 0.6) is 17.2 Å². The Kier molecular flexibility index (Phi) is 15.0. The van der Waals surface area contributed by atoms with Crippen molar-refractivity contribution in [3.63, 3.8) is 0 Å². The molecule has 4 nitrogen and oxygen atoms in total. The zero-order chi connectivity index (χ0) is 45.1. The third kappa shape index (κ3) is 12.4. The van der Waals surface area contributed by atoms with Crippen LogP contribution in [0, 0.1) is 0 Å². The average Bonchev–Trinajstić information content (AvgIpc) is 3.07. The van der Waals surface area contributed by atoms with Gasteiger partial charge in [-0.2, -0.15) is 79.0 Å². The maximum atomic E-state index is 14.9. The van der Waals surface area contributed by atoms with E-state index in [-0.39, 0.29) is 62.8 Å². The number of nitrogens with two attached hydrogens (primary N) is 1. The maximum absolute atomic E-state index is 14.9. The van der Waals surface area contributed by atoms with Gasteiger partial charge in [0.2, 0.25) is 0 Å². The molecule has 3 aromatic rings. The molecule has 0 heterocycles. The molecule has 23 heteroatoms. The van der Waals surface area contributed by atoms with Crippen LogP contribution in [0.15, 0.2) is 30.3 Å². The van der Waals surface area contributed by atoms with Crippen LogP contribution in [-0.4, -0.2) is 7.32 Å². The summed E-state index contributed by atoms with van der Waals surface area (Å²) in [6, 6.07) is -1.19. The molecule has 0 atom stereocenters. The van der Waals surface area contributed by atoms with Crippen molar-refractivity contribution >= 4 is 13.0 Å². The molecular weight excluding hydrogens is 847 g/mol. The van der Waals surface area contributed by atoms with Gasteiger partial charge in [0.05, 0.1) is 39.1 Å². The summed E-state index contributed by atoms with van der Waals surface area (Å²) in [7, 11) is -3.32. The van der Waals surface area contributed by atoms with Crippen LogP contribution in [0.25, 0.3) is 0 Å². The predicted octanol–water partition coefficient (Wildman–Crippen LogP) is 13.9. The molecule has 3 rings (SSSR count). The minimum atomic E-state index is -5.72. The third-order valence-corrected chi connectivity index (χ3v) is 8.67. The van der Waals surface area contributed by atoms with Crippen LogP contribution in [0.2, 0.25) is 0 Å². The van der Waals surface area contributed by atoms with Gasteiger partial charge in [-0.25, -0.2) is 0 Å². The molecule has 0 saturated heterocycles. The van der Waals surface area contributed by atoms with E-state index in [0.717, 1.165) is 0 Å². The molecule has 0 aromatic heterocycles. The second-order valence-electron chi connectivity index (χ2n) is 13.1. The first-order chi connectivity index (χ1) is 26.9. The Morgan fingerprint density at radius 1 is 0.458 bits per heavy atom. The largest absolute Gasteiger partial charge is 0.864 e. The molecule has 0 bridgehead atoms. The first kappa shape index (κ1) is 49.0. The number of nitrogen functional groups attached to an aromatic ring is 1. The van der Waals surface area contributed by atoms with Gasteiger partial charge in [0.25, 0.3) is 0 Å². The Labute approximate surface area is 325 Å². The van der Waals surface area contributed by atoms with E-state index in [1.165, 1.54) is 20.8 Å². The summed E-state index contributed by atoms with van der Waals surface area (Å²) in [5, 5.41) is 0. The minimum Gasteiger partial charge on any atom is -0.490 e. The van der Waals surface area contributed by atoms with Gasteiger partial charge in [-0.05, 0) is 74.4 Å². The Balaban J connectivity index is 2.57. The lowest BCUT2D eigenvalue weighted by Crippen LogP contribution is -2.39. The summed E-state index contributed by atoms with van der Waals surface area (Å²) in [4.78, 5) is 0. The van der Waals surface area contributed by atoms with Gasteiger partial charge in [0.15, 0.2) is 0 Å². The van der Waals surface area contributed by atoms with Gasteiger partial charge in [-0.3, -0.25) is 0 Å².